The Kier molecular flexibility index (Phi) is 4.28. The lowest BCUT2D eigenvalue weighted by Gasteiger charge is -2.12. The van der Waals surface area contributed by atoms with Crippen LogP contribution < -0.4 is 0 Å². The molecule has 0 aliphatic heterocycles. The van der Waals surface area contributed by atoms with Crippen LogP contribution in [0.4, 0.5) is 0 Å². The summed E-state index contributed by atoms with van der Waals surface area (Å²) in [5, 5.41) is 9.21. The van der Waals surface area contributed by atoms with Crippen molar-refractivity contribution in [1.82, 2.24) is 9.97 Å². The first-order valence-electron chi connectivity index (χ1n) is 6.10. The molecule has 0 aliphatic rings. The molecule has 0 aliphatic carbocycles. The topological polar surface area (TPSA) is 49.6 Å². The second-order valence-corrected chi connectivity index (χ2v) is 5.57. The molecule has 0 saturated heterocycles. The number of hydrogen-bond acceptors (Lipinski definition) is 3. The average Bonchev–Trinajstić information content (AvgIpc) is 2.40. The van der Waals surface area contributed by atoms with Gasteiger partial charge in [0.25, 0.3) is 0 Å². The minimum atomic E-state index is -0.268. The third-order valence-electron chi connectivity index (χ3n) is 2.90. The molecule has 0 radical (unpaired) electrons. The molecule has 0 fully saturated rings. The van der Waals surface area contributed by atoms with E-state index in [1.807, 2.05) is 44.2 Å². The van der Waals surface area contributed by atoms with Crippen LogP contribution in [0.15, 0.2) is 41.0 Å². The number of hydrogen-bond donors (Lipinski definition) is 0. The van der Waals surface area contributed by atoms with Crippen molar-refractivity contribution in [3.05, 3.63) is 46.8 Å². The predicted octanol–water partition coefficient (Wildman–Crippen LogP) is 4.17. The Labute approximate surface area is 121 Å². The molecule has 1 aromatic heterocycles. The SMILES string of the molecule is CC(C)C(C#N)c1nccc(-c2ccc(Br)cc2)n1. The standard InChI is InChI=1S/C15H14BrN3/c1-10(2)13(9-17)15-18-8-7-14(19-15)11-3-5-12(16)6-4-11/h3-8,10,13H,1-2H3. The van der Waals surface area contributed by atoms with Crippen LogP contribution in [0.1, 0.15) is 25.6 Å². The van der Waals surface area contributed by atoms with Gasteiger partial charge in [-0.25, -0.2) is 9.97 Å². The van der Waals surface area contributed by atoms with Crippen molar-refractivity contribution in [3.63, 3.8) is 0 Å². The van der Waals surface area contributed by atoms with E-state index in [1.54, 1.807) is 6.20 Å². The number of nitriles is 1. The summed E-state index contributed by atoms with van der Waals surface area (Å²) in [6.07, 6.45) is 1.71. The predicted molar refractivity (Wildman–Crippen MR) is 78.4 cm³/mol. The Bertz CT molecular complexity index is 600. The highest BCUT2D eigenvalue weighted by Gasteiger charge is 2.18. The molecule has 0 spiro atoms. The highest BCUT2D eigenvalue weighted by molar-refractivity contribution is 9.10. The van der Waals surface area contributed by atoms with E-state index in [9.17, 15) is 5.26 Å². The van der Waals surface area contributed by atoms with Gasteiger partial charge in [0.1, 0.15) is 11.7 Å². The van der Waals surface area contributed by atoms with Crippen LogP contribution in [-0.4, -0.2) is 9.97 Å². The van der Waals surface area contributed by atoms with E-state index in [0.29, 0.717) is 5.82 Å². The van der Waals surface area contributed by atoms with Gasteiger partial charge in [-0.2, -0.15) is 5.26 Å². The van der Waals surface area contributed by atoms with Crippen molar-refractivity contribution in [1.29, 1.82) is 5.26 Å². The van der Waals surface area contributed by atoms with Crippen LogP contribution in [0.3, 0.4) is 0 Å². The Hall–Kier alpha value is -1.73. The van der Waals surface area contributed by atoms with Crippen molar-refractivity contribution >= 4 is 15.9 Å². The molecule has 1 heterocycles. The molecule has 96 valence electrons. The molecule has 1 atom stereocenters. The molecule has 19 heavy (non-hydrogen) atoms. The molecule has 4 heteroatoms. The van der Waals surface area contributed by atoms with Gasteiger partial charge in [0.15, 0.2) is 0 Å². The zero-order valence-corrected chi connectivity index (χ0v) is 12.4. The number of halogens is 1. The minimum absolute atomic E-state index is 0.199. The quantitative estimate of drug-likeness (QED) is 0.854. The maximum absolute atomic E-state index is 9.21. The molecule has 1 aromatic carbocycles. The summed E-state index contributed by atoms with van der Waals surface area (Å²) in [5.41, 5.74) is 1.87. The minimum Gasteiger partial charge on any atom is -0.240 e. The lowest BCUT2D eigenvalue weighted by molar-refractivity contribution is 0.562. The number of rotatable bonds is 3. The van der Waals surface area contributed by atoms with Gasteiger partial charge in [0.05, 0.1) is 11.8 Å². The number of benzene rings is 1. The molecule has 0 saturated carbocycles. The second-order valence-electron chi connectivity index (χ2n) is 4.66. The molecular formula is C15H14BrN3. The van der Waals surface area contributed by atoms with E-state index in [2.05, 4.69) is 32.0 Å². The van der Waals surface area contributed by atoms with E-state index in [4.69, 9.17) is 0 Å². The van der Waals surface area contributed by atoms with Gasteiger partial charge in [0.2, 0.25) is 0 Å². The van der Waals surface area contributed by atoms with Crippen molar-refractivity contribution in [2.45, 2.75) is 19.8 Å². The van der Waals surface area contributed by atoms with Gasteiger partial charge in [-0.15, -0.1) is 0 Å². The summed E-state index contributed by atoms with van der Waals surface area (Å²) < 4.78 is 1.03. The fourth-order valence-corrected chi connectivity index (χ4v) is 2.07. The summed E-state index contributed by atoms with van der Waals surface area (Å²) in [4.78, 5) is 8.75. The van der Waals surface area contributed by atoms with E-state index < -0.39 is 0 Å². The highest BCUT2D eigenvalue weighted by atomic mass is 79.9. The van der Waals surface area contributed by atoms with Gasteiger partial charge >= 0.3 is 0 Å². The van der Waals surface area contributed by atoms with Crippen LogP contribution in [0.2, 0.25) is 0 Å². The van der Waals surface area contributed by atoms with Crippen LogP contribution in [0.5, 0.6) is 0 Å². The third kappa shape index (κ3) is 3.18. The lowest BCUT2D eigenvalue weighted by atomic mass is 9.96. The number of aromatic nitrogens is 2. The van der Waals surface area contributed by atoms with Gasteiger partial charge < -0.3 is 0 Å². The van der Waals surface area contributed by atoms with Crippen LogP contribution in [0, 0.1) is 17.2 Å². The third-order valence-corrected chi connectivity index (χ3v) is 3.43. The second kappa shape index (κ2) is 5.94. The van der Waals surface area contributed by atoms with Crippen molar-refractivity contribution in [2.24, 2.45) is 5.92 Å². The van der Waals surface area contributed by atoms with Crippen molar-refractivity contribution in [3.8, 4) is 17.3 Å². The largest absolute Gasteiger partial charge is 0.240 e. The fraction of sp³-hybridized carbons (Fsp3) is 0.267. The lowest BCUT2D eigenvalue weighted by Crippen LogP contribution is -2.09. The summed E-state index contributed by atoms with van der Waals surface area (Å²) in [5.74, 6) is 0.526. The smallest absolute Gasteiger partial charge is 0.146 e. The van der Waals surface area contributed by atoms with Crippen LogP contribution in [-0.2, 0) is 0 Å². The molecule has 0 amide bonds. The Morgan fingerprint density at radius 3 is 2.42 bits per heavy atom. The van der Waals surface area contributed by atoms with Crippen molar-refractivity contribution < 1.29 is 0 Å². The van der Waals surface area contributed by atoms with Crippen LogP contribution in [0.25, 0.3) is 11.3 Å². The van der Waals surface area contributed by atoms with E-state index >= 15 is 0 Å². The zero-order chi connectivity index (χ0) is 13.8. The van der Waals surface area contributed by atoms with Gasteiger partial charge in [-0.3, -0.25) is 0 Å². The molecule has 3 nitrogen and oxygen atoms in total. The summed E-state index contributed by atoms with van der Waals surface area (Å²) in [7, 11) is 0. The zero-order valence-electron chi connectivity index (χ0n) is 10.8. The Morgan fingerprint density at radius 2 is 1.84 bits per heavy atom. The van der Waals surface area contributed by atoms with E-state index in [-0.39, 0.29) is 11.8 Å². The summed E-state index contributed by atoms with van der Waals surface area (Å²) in [6, 6.07) is 12.1. The van der Waals surface area contributed by atoms with E-state index in [1.165, 1.54) is 0 Å². The molecule has 1 unspecified atom stereocenters. The van der Waals surface area contributed by atoms with E-state index in [0.717, 1.165) is 15.7 Å². The molecule has 0 N–H and O–H groups in total. The molecule has 0 bridgehead atoms. The van der Waals surface area contributed by atoms with Gasteiger partial charge in [-0.1, -0.05) is 41.9 Å². The monoisotopic (exact) mass is 315 g/mol. The van der Waals surface area contributed by atoms with Gasteiger partial charge in [0, 0.05) is 16.2 Å². The molecule has 2 rings (SSSR count). The average molecular weight is 316 g/mol. The number of nitrogens with zero attached hydrogens (tertiary/aromatic N) is 3. The van der Waals surface area contributed by atoms with Crippen molar-refractivity contribution in [2.75, 3.05) is 0 Å². The fourth-order valence-electron chi connectivity index (χ4n) is 1.81. The molecule has 2 aromatic rings. The first-order valence-corrected chi connectivity index (χ1v) is 6.89. The normalized spacial score (nSPS) is 12.2. The molecular weight excluding hydrogens is 302 g/mol. The summed E-state index contributed by atoms with van der Waals surface area (Å²) >= 11 is 3.41. The van der Waals surface area contributed by atoms with Gasteiger partial charge in [-0.05, 0) is 24.1 Å². The highest BCUT2D eigenvalue weighted by Crippen LogP contribution is 2.24. The Balaban J connectivity index is 2.39. The van der Waals surface area contributed by atoms with Crippen LogP contribution >= 0.6 is 15.9 Å². The maximum atomic E-state index is 9.21. The summed E-state index contributed by atoms with van der Waals surface area (Å²) in [6.45, 7) is 4.01. The first-order chi connectivity index (χ1) is 9.11. The maximum Gasteiger partial charge on any atom is 0.146 e. The Morgan fingerprint density at radius 1 is 1.16 bits per heavy atom. The first kappa shape index (κ1) is 13.7.